The Morgan fingerprint density at radius 3 is 1.83 bits per heavy atom. The van der Waals surface area contributed by atoms with Gasteiger partial charge in [0.25, 0.3) is 0 Å². The maximum absolute atomic E-state index is 10.7. The average molecular weight is 254 g/mol. The second-order valence-corrected chi connectivity index (χ2v) is 4.20. The Bertz CT molecular complexity index is 188. The highest BCUT2D eigenvalue weighted by Gasteiger charge is 1.95. The van der Waals surface area contributed by atoms with Gasteiger partial charge in [0, 0.05) is 6.08 Å². The van der Waals surface area contributed by atoms with E-state index < -0.39 is 0 Å². The van der Waals surface area contributed by atoms with E-state index >= 15 is 0 Å². The Labute approximate surface area is 113 Å². The molecule has 0 aliphatic heterocycles. The van der Waals surface area contributed by atoms with Crippen molar-refractivity contribution in [1.82, 2.24) is 0 Å². The Hall–Kier alpha value is -1.05. The van der Waals surface area contributed by atoms with Crippen LogP contribution in [0.3, 0.4) is 0 Å². The Balaban J connectivity index is 0. The summed E-state index contributed by atoms with van der Waals surface area (Å²) in [6, 6.07) is 0. The van der Waals surface area contributed by atoms with Gasteiger partial charge in [-0.3, -0.25) is 0 Å². The molecular weight excluding hydrogens is 224 g/mol. The van der Waals surface area contributed by atoms with Crippen molar-refractivity contribution in [3.63, 3.8) is 0 Å². The molecule has 0 radical (unpaired) electrons. The van der Waals surface area contributed by atoms with Crippen LogP contribution in [0.25, 0.3) is 0 Å². The summed E-state index contributed by atoms with van der Waals surface area (Å²) >= 11 is 0. The Morgan fingerprint density at radius 2 is 1.39 bits per heavy atom. The molecule has 0 aromatic carbocycles. The van der Waals surface area contributed by atoms with Crippen molar-refractivity contribution < 1.29 is 9.53 Å². The first-order valence-corrected chi connectivity index (χ1v) is 7.10. The molecule has 0 atom stereocenters. The number of ether oxygens (including phenoxy) is 1. The maximum atomic E-state index is 10.7. The van der Waals surface area contributed by atoms with E-state index in [1.54, 1.807) is 0 Å². The lowest BCUT2D eigenvalue weighted by molar-refractivity contribution is -0.137. The van der Waals surface area contributed by atoms with Gasteiger partial charge in [-0.25, -0.2) is 4.79 Å². The lowest BCUT2D eigenvalue weighted by atomic mass is 10.1. The van der Waals surface area contributed by atoms with Crippen LogP contribution in [0.2, 0.25) is 0 Å². The normalized spacial score (nSPS) is 9.17. The third-order valence-corrected chi connectivity index (χ3v) is 2.66. The second kappa shape index (κ2) is 18.3. The average Bonchev–Trinajstić information content (AvgIpc) is 2.42. The summed E-state index contributed by atoms with van der Waals surface area (Å²) in [4.78, 5) is 10.7. The van der Waals surface area contributed by atoms with E-state index in [1.807, 2.05) is 0 Å². The van der Waals surface area contributed by atoms with Crippen LogP contribution in [0.1, 0.15) is 64.7 Å². The monoisotopic (exact) mass is 254 g/mol. The van der Waals surface area contributed by atoms with Gasteiger partial charge in [0.2, 0.25) is 0 Å². The molecule has 0 aliphatic carbocycles. The van der Waals surface area contributed by atoms with Crippen molar-refractivity contribution in [2.75, 3.05) is 6.61 Å². The topological polar surface area (TPSA) is 26.3 Å². The lowest BCUT2D eigenvalue weighted by Crippen LogP contribution is -2.01. The van der Waals surface area contributed by atoms with Crippen molar-refractivity contribution in [2.45, 2.75) is 64.7 Å². The van der Waals surface area contributed by atoms with E-state index in [0.29, 0.717) is 6.61 Å². The number of esters is 1. The molecule has 0 saturated carbocycles. The Kier molecular flexibility index (Phi) is 19.6. The van der Waals surface area contributed by atoms with Crippen molar-refractivity contribution >= 4 is 5.97 Å². The molecule has 2 nitrogen and oxygen atoms in total. The zero-order valence-corrected chi connectivity index (χ0v) is 12.1. The van der Waals surface area contributed by atoms with Gasteiger partial charge in [0.1, 0.15) is 0 Å². The first-order valence-electron chi connectivity index (χ1n) is 7.10. The molecule has 0 aromatic heterocycles. The number of carbonyl (C=O) groups is 1. The fraction of sp³-hybridized carbons (Fsp3) is 0.688. The first kappa shape index (κ1) is 19.3. The van der Waals surface area contributed by atoms with Gasteiger partial charge in [-0.15, -0.1) is 13.2 Å². The number of hydrogen-bond donors (Lipinski definition) is 0. The minimum atomic E-state index is -0.306. The summed E-state index contributed by atoms with van der Waals surface area (Å²) in [6.45, 7) is 12.1. The van der Waals surface area contributed by atoms with Crippen LogP contribution in [-0.4, -0.2) is 12.6 Å². The molecular formula is C16H30O2. The predicted molar refractivity (Wildman–Crippen MR) is 79.6 cm³/mol. The van der Waals surface area contributed by atoms with E-state index in [2.05, 4.69) is 26.7 Å². The molecule has 0 saturated heterocycles. The van der Waals surface area contributed by atoms with Gasteiger partial charge in [-0.1, -0.05) is 64.9 Å². The number of hydrogen-bond acceptors (Lipinski definition) is 2. The fourth-order valence-electron chi connectivity index (χ4n) is 1.64. The molecule has 0 unspecified atom stereocenters. The SMILES string of the molecule is C=C.C=CC(=O)OCCCCCCCCCCC. The minimum absolute atomic E-state index is 0.306. The van der Waals surface area contributed by atoms with Gasteiger partial charge >= 0.3 is 5.97 Å². The molecule has 0 N–H and O–H groups in total. The van der Waals surface area contributed by atoms with Gasteiger partial charge in [0.15, 0.2) is 0 Å². The van der Waals surface area contributed by atoms with Crippen molar-refractivity contribution in [2.24, 2.45) is 0 Å². The van der Waals surface area contributed by atoms with E-state index in [1.165, 1.54) is 51.0 Å². The quantitative estimate of drug-likeness (QED) is 0.223. The smallest absolute Gasteiger partial charge is 0.330 e. The van der Waals surface area contributed by atoms with Crippen LogP contribution >= 0.6 is 0 Å². The van der Waals surface area contributed by atoms with Crippen molar-refractivity contribution in [3.05, 3.63) is 25.8 Å². The van der Waals surface area contributed by atoms with Gasteiger partial charge in [-0.2, -0.15) is 0 Å². The number of unbranched alkanes of at least 4 members (excludes halogenated alkanes) is 8. The maximum Gasteiger partial charge on any atom is 0.330 e. The van der Waals surface area contributed by atoms with Crippen LogP contribution in [0.5, 0.6) is 0 Å². The third-order valence-electron chi connectivity index (χ3n) is 2.66. The summed E-state index contributed by atoms with van der Waals surface area (Å²) < 4.78 is 4.89. The van der Waals surface area contributed by atoms with Crippen LogP contribution in [-0.2, 0) is 9.53 Å². The van der Waals surface area contributed by atoms with Gasteiger partial charge in [-0.05, 0) is 6.42 Å². The molecule has 2 heteroatoms. The van der Waals surface area contributed by atoms with Crippen LogP contribution in [0, 0.1) is 0 Å². The van der Waals surface area contributed by atoms with Crippen LogP contribution < -0.4 is 0 Å². The molecule has 106 valence electrons. The highest BCUT2D eigenvalue weighted by molar-refractivity contribution is 5.81. The number of carbonyl (C=O) groups excluding carboxylic acids is 1. The van der Waals surface area contributed by atoms with Crippen molar-refractivity contribution in [1.29, 1.82) is 0 Å². The van der Waals surface area contributed by atoms with E-state index in [9.17, 15) is 4.79 Å². The van der Waals surface area contributed by atoms with Gasteiger partial charge < -0.3 is 4.74 Å². The standard InChI is InChI=1S/C14H26O2.C2H4/c1-3-5-6-7-8-9-10-11-12-13-16-14(15)4-2;1-2/h4H,2-3,5-13H2,1H3;1-2H2. The summed E-state index contributed by atoms with van der Waals surface area (Å²) in [5, 5.41) is 0. The molecule has 0 rings (SSSR count). The molecule has 0 fully saturated rings. The van der Waals surface area contributed by atoms with Crippen LogP contribution in [0.15, 0.2) is 25.8 Å². The highest BCUT2D eigenvalue weighted by Crippen LogP contribution is 2.09. The summed E-state index contributed by atoms with van der Waals surface area (Å²) in [5.41, 5.74) is 0. The number of rotatable bonds is 11. The zero-order chi connectivity index (χ0) is 14.1. The summed E-state index contributed by atoms with van der Waals surface area (Å²) in [6.07, 6.45) is 12.7. The predicted octanol–water partition coefficient (Wildman–Crippen LogP) is 5.05. The molecule has 0 spiro atoms. The van der Waals surface area contributed by atoms with E-state index in [-0.39, 0.29) is 5.97 Å². The molecule has 0 amide bonds. The first-order chi connectivity index (χ1) is 8.81. The van der Waals surface area contributed by atoms with E-state index in [4.69, 9.17) is 4.74 Å². The molecule has 18 heavy (non-hydrogen) atoms. The molecule has 0 bridgehead atoms. The Morgan fingerprint density at radius 1 is 0.944 bits per heavy atom. The molecule has 0 aromatic rings. The zero-order valence-electron chi connectivity index (χ0n) is 12.1. The fourth-order valence-corrected chi connectivity index (χ4v) is 1.64. The van der Waals surface area contributed by atoms with Crippen molar-refractivity contribution in [3.8, 4) is 0 Å². The van der Waals surface area contributed by atoms with E-state index in [0.717, 1.165) is 12.8 Å². The lowest BCUT2D eigenvalue weighted by Gasteiger charge is -2.02. The highest BCUT2D eigenvalue weighted by atomic mass is 16.5. The van der Waals surface area contributed by atoms with Crippen LogP contribution in [0.4, 0.5) is 0 Å². The molecule has 0 aliphatic rings. The molecule has 0 heterocycles. The summed E-state index contributed by atoms with van der Waals surface area (Å²) in [7, 11) is 0. The minimum Gasteiger partial charge on any atom is -0.463 e. The second-order valence-electron chi connectivity index (χ2n) is 4.20. The summed E-state index contributed by atoms with van der Waals surface area (Å²) in [5.74, 6) is -0.306. The third kappa shape index (κ3) is 17.3. The largest absolute Gasteiger partial charge is 0.463 e. The van der Waals surface area contributed by atoms with Gasteiger partial charge in [0.05, 0.1) is 6.61 Å².